The van der Waals surface area contributed by atoms with E-state index in [2.05, 4.69) is 10.6 Å². The largest absolute Gasteiger partial charge is 0.486 e. The van der Waals surface area contributed by atoms with Gasteiger partial charge in [0.15, 0.2) is 11.5 Å². The second-order valence-electron chi connectivity index (χ2n) is 5.35. The van der Waals surface area contributed by atoms with E-state index in [4.69, 9.17) is 9.47 Å². The van der Waals surface area contributed by atoms with Crippen LogP contribution in [0.2, 0.25) is 0 Å². The molecule has 0 saturated carbocycles. The first-order valence-electron chi connectivity index (χ1n) is 7.71. The average molecular weight is 326 g/mol. The highest BCUT2D eigenvalue weighted by molar-refractivity contribution is 5.95. The van der Waals surface area contributed by atoms with Gasteiger partial charge in [-0.1, -0.05) is 30.3 Å². The predicted molar refractivity (Wildman–Crippen MR) is 89.2 cm³/mol. The van der Waals surface area contributed by atoms with Gasteiger partial charge in [-0.25, -0.2) is 0 Å². The minimum Gasteiger partial charge on any atom is -0.486 e. The first kappa shape index (κ1) is 15.9. The number of anilines is 1. The van der Waals surface area contributed by atoms with Crippen molar-refractivity contribution in [1.82, 2.24) is 5.32 Å². The molecule has 24 heavy (non-hydrogen) atoms. The fourth-order valence-corrected chi connectivity index (χ4v) is 2.35. The second-order valence-corrected chi connectivity index (χ2v) is 5.35. The van der Waals surface area contributed by atoms with E-state index in [0.29, 0.717) is 30.4 Å². The van der Waals surface area contributed by atoms with Gasteiger partial charge in [0.25, 0.3) is 0 Å². The van der Waals surface area contributed by atoms with Gasteiger partial charge in [0.1, 0.15) is 13.2 Å². The molecular weight excluding hydrogens is 308 g/mol. The average Bonchev–Trinajstić information content (AvgIpc) is 2.61. The van der Waals surface area contributed by atoms with Crippen LogP contribution in [0.3, 0.4) is 0 Å². The normalized spacial score (nSPS) is 12.3. The van der Waals surface area contributed by atoms with Crippen LogP contribution in [0.4, 0.5) is 5.69 Å². The number of benzene rings is 2. The molecule has 3 rings (SSSR count). The minimum atomic E-state index is -0.298. The minimum absolute atomic E-state index is 0.0832. The first-order chi connectivity index (χ1) is 11.7. The number of hydrogen-bond acceptors (Lipinski definition) is 4. The number of nitrogens with one attached hydrogen (secondary N) is 2. The van der Waals surface area contributed by atoms with Gasteiger partial charge in [0.2, 0.25) is 11.8 Å². The molecule has 1 heterocycles. The molecule has 0 radical (unpaired) electrons. The number of fused-ring (bicyclic) bond motifs is 1. The van der Waals surface area contributed by atoms with Crippen LogP contribution in [0.5, 0.6) is 11.5 Å². The van der Waals surface area contributed by atoms with E-state index in [1.54, 1.807) is 18.2 Å². The smallest absolute Gasteiger partial charge is 0.243 e. The number of hydrogen-bond donors (Lipinski definition) is 2. The summed E-state index contributed by atoms with van der Waals surface area (Å²) in [7, 11) is 0. The molecule has 6 nitrogen and oxygen atoms in total. The summed E-state index contributed by atoms with van der Waals surface area (Å²) in [5, 5.41) is 5.33. The van der Waals surface area contributed by atoms with Crippen molar-refractivity contribution in [2.45, 2.75) is 6.42 Å². The summed E-state index contributed by atoms with van der Waals surface area (Å²) in [4.78, 5) is 23.8. The predicted octanol–water partition coefficient (Wildman–Crippen LogP) is 1.76. The Morgan fingerprint density at radius 2 is 1.67 bits per heavy atom. The summed E-state index contributed by atoms with van der Waals surface area (Å²) < 4.78 is 10.9. The van der Waals surface area contributed by atoms with Crippen molar-refractivity contribution < 1.29 is 19.1 Å². The van der Waals surface area contributed by atoms with Crippen LogP contribution >= 0.6 is 0 Å². The van der Waals surface area contributed by atoms with Gasteiger partial charge >= 0.3 is 0 Å². The molecule has 0 spiro atoms. The monoisotopic (exact) mass is 326 g/mol. The van der Waals surface area contributed by atoms with Crippen LogP contribution in [0, 0.1) is 0 Å². The Balaban J connectivity index is 1.48. The summed E-state index contributed by atoms with van der Waals surface area (Å²) in [5.41, 5.74) is 1.50. The standard InChI is InChI=1S/C18H18N2O4/c21-17(10-13-4-2-1-3-5-13)19-12-18(22)20-14-6-7-15-16(11-14)24-9-8-23-15/h1-7,11H,8-10,12H2,(H,19,21)(H,20,22). The van der Waals surface area contributed by atoms with E-state index < -0.39 is 0 Å². The highest BCUT2D eigenvalue weighted by Gasteiger charge is 2.13. The fraction of sp³-hybridized carbons (Fsp3) is 0.222. The van der Waals surface area contributed by atoms with Crippen molar-refractivity contribution in [2.75, 3.05) is 25.1 Å². The van der Waals surface area contributed by atoms with Gasteiger partial charge in [-0.3, -0.25) is 9.59 Å². The lowest BCUT2D eigenvalue weighted by Crippen LogP contribution is -2.33. The van der Waals surface area contributed by atoms with Crippen molar-refractivity contribution in [3.05, 3.63) is 54.1 Å². The molecule has 2 N–H and O–H groups in total. The van der Waals surface area contributed by atoms with Gasteiger partial charge in [-0.2, -0.15) is 0 Å². The van der Waals surface area contributed by atoms with Crippen molar-refractivity contribution >= 4 is 17.5 Å². The van der Waals surface area contributed by atoms with Crippen molar-refractivity contribution in [2.24, 2.45) is 0 Å². The third kappa shape index (κ3) is 4.25. The van der Waals surface area contributed by atoms with Gasteiger partial charge in [-0.05, 0) is 17.7 Å². The van der Waals surface area contributed by atoms with Crippen LogP contribution in [0.1, 0.15) is 5.56 Å². The van der Waals surface area contributed by atoms with Crippen LogP contribution in [-0.4, -0.2) is 31.6 Å². The molecule has 0 saturated heterocycles. The zero-order chi connectivity index (χ0) is 16.8. The lowest BCUT2D eigenvalue weighted by Gasteiger charge is -2.19. The third-order valence-corrected chi connectivity index (χ3v) is 3.48. The van der Waals surface area contributed by atoms with Crippen LogP contribution < -0.4 is 20.1 Å². The first-order valence-corrected chi connectivity index (χ1v) is 7.71. The highest BCUT2D eigenvalue weighted by Crippen LogP contribution is 2.32. The lowest BCUT2D eigenvalue weighted by atomic mass is 10.1. The van der Waals surface area contributed by atoms with Crippen molar-refractivity contribution in [1.29, 1.82) is 0 Å². The topological polar surface area (TPSA) is 76.7 Å². The zero-order valence-electron chi connectivity index (χ0n) is 13.1. The maximum Gasteiger partial charge on any atom is 0.243 e. The van der Waals surface area contributed by atoms with Gasteiger partial charge < -0.3 is 20.1 Å². The molecule has 2 aromatic carbocycles. The maximum absolute atomic E-state index is 11.9. The van der Waals surface area contributed by atoms with Crippen molar-refractivity contribution in [3.63, 3.8) is 0 Å². The number of carbonyl (C=O) groups excluding carboxylic acids is 2. The number of ether oxygens (including phenoxy) is 2. The Kier molecular flexibility index (Phi) is 4.96. The van der Waals surface area contributed by atoms with Crippen LogP contribution in [0.15, 0.2) is 48.5 Å². The Hall–Kier alpha value is -3.02. The second kappa shape index (κ2) is 7.50. The summed E-state index contributed by atoms with van der Waals surface area (Å²) in [6.45, 7) is 0.923. The molecule has 2 amide bonds. The van der Waals surface area contributed by atoms with E-state index >= 15 is 0 Å². The van der Waals surface area contributed by atoms with Gasteiger partial charge in [0, 0.05) is 11.8 Å². The molecule has 0 fully saturated rings. The Bertz CT molecular complexity index is 731. The summed E-state index contributed by atoms with van der Waals surface area (Å²) >= 11 is 0. The van der Waals surface area contributed by atoms with Crippen LogP contribution in [0.25, 0.3) is 0 Å². The highest BCUT2D eigenvalue weighted by atomic mass is 16.6. The molecule has 0 bridgehead atoms. The number of amides is 2. The maximum atomic E-state index is 11.9. The van der Waals surface area contributed by atoms with E-state index in [0.717, 1.165) is 5.56 Å². The molecule has 1 aliphatic heterocycles. The summed E-state index contributed by atoms with van der Waals surface area (Å²) in [6, 6.07) is 14.6. The SMILES string of the molecule is O=C(Cc1ccccc1)NCC(=O)Nc1ccc2c(c1)OCCO2. The zero-order valence-corrected chi connectivity index (χ0v) is 13.1. The molecule has 0 aliphatic carbocycles. The van der Waals surface area contributed by atoms with E-state index in [1.807, 2.05) is 30.3 Å². The molecule has 1 aliphatic rings. The van der Waals surface area contributed by atoms with E-state index in [-0.39, 0.29) is 24.8 Å². The van der Waals surface area contributed by atoms with E-state index in [9.17, 15) is 9.59 Å². The summed E-state index contributed by atoms with van der Waals surface area (Å²) in [6.07, 6.45) is 0.248. The Morgan fingerprint density at radius 1 is 0.917 bits per heavy atom. The molecule has 2 aromatic rings. The lowest BCUT2D eigenvalue weighted by molar-refractivity contribution is -0.123. The molecule has 124 valence electrons. The quantitative estimate of drug-likeness (QED) is 0.878. The third-order valence-electron chi connectivity index (χ3n) is 3.48. The molecule has 0 unspecified atom stereocenters. The van der Waals surface area contributed by atoms with Gasteiger partial charge in [0.05, 0.1) is 13.0 Å². The van der Waals surface area contributed by atoms with Crippen molar-refractivity contribution in [3.8, 4) is 11.5 Å². The Labute approximate surface area is 139 Å². The number of rotatable bonds is 5. The van der Waals surface area contributed by atoms with Crippen LogP contribution in [-0.2, 0) is 16.0 Å². The number of carbonyl (C=O) groups is 2. The molecular formula is C18H18N2O4. The van der Waals surface area contributed by atoms with E-state index in [1.165, 1.54) is 0 Å². The molecule has 6 heteroatoms. The van der Waals surface area contributed by atoms with Gasteiger partial charge in [-0.15, -0.1) is 0 Å². The summed E-state index contributed by atoms with van der Waals surface area (Å²) in [5.74, 6) is 0.772. The Morgan fingerprint density at radius 3 is 2.46 bits per heavy atom. The molecule has 0 atom stereocenters. The fourth-order valence-electron chi connectivity index (χ4n) is 2.35. The molecule has 0 aromatic heterocycles.